The summed E-state index contributed by atoms with van der Waals surface area (Å²) in [7, 11) is 0. The Labute approximate surface area is 284 Å². The second-order valence-electron chi connectivity index (χ2n) is 9.82. The van der Waals surface area contributed by atoms with E-state index in [1.54, 1.807) is 0 Å². The van der Waals surface area contributed by atoms with Crippen LogP contribution in [0.5, 0.6) is 0 Å². The summed E-state index contributed by atoms with van der Waals surface area (Å²) >= 11 is 0. The van der Waals surface area contributed by atoms with E-state index in [-0.39, 0.29) is 40.1 Å². The molecule has 1 atom stereocenters. The third kappa shape index (κ3) is 9.58. The number of aliphatic hydroxyl groups is 1. The minimum absolute atomic E-state index is 0. The zero-order valence-electron chi connectivity index (χ0n) is 23.7. The Bertz CT molecular complexity index is 1040. The van der Waals surface area contributed by atoms with Gasteiger partial charge in [0.15, 0.2) is 0 Å². The monoisotopic (exact) mass is 642 g/mol. The van der Waals surface area contributed by atoms with Crippen molar-refractivity contribution in [2.45, 2.75) is 11.5 Å². The summed E-state index contributed by atoms with van der Waals surface area (Å²) in [5.41, 5.74) is 2.05. The normalized spacial score (nSPS) is 20.2. The van der Waals surface area contributed by atoms with Crippen LogP contribution in [0.2, 0.25) is 0 Å². The topological polar surface area (TPSA) is 20.2 Å². The van der Waals surface area contributed by atoms with E-state index in [0.717, 1.165) is 23.3 Å². The van der Waals surface area contributed by atoms with Crippen LogP contribution in [0.3, 0.4) is 0 Å². The molecule has 4 aliphatic carbocycles. The van der Waals surface area contributed by atoms with Crippen molar-refractivity contribution in [3.05, 3.63) is 235 Å². The molecule has 0 bridgehead atoms. The van der Waals surface area contributed by atoms with Crippen LogP contribution in [0, 0.1) is 127 Å². The molecule has 1 nitrogen and oxygen atoms in total. The average molecular weight is 642 g/mol. The van der Waals surface area contributed by atoms with Crippen molar-refractivity contribution in [3.63, 3.8) is 0 Å². The largest absolute Gasteiger partial charge is 2.00 e. The molecular formula is C40H34Fe2O+4. The summed E-state index contributed by atoms with van der Waals surface area (Å²) in [6.07, 6.45) is 34.2. The quantitative estimate of drug-likeness (QED) is 0.271. The van der Waals surface area contributed by atoms with Crippen LogP contribution in [-0.2, 0) is 39.7 Å². The Kier molecular flexibility index (Phi) is 16.2. The van der Waals surface area contributed by atoms with E-state index in [4.69, 9.17) is 0 Å². The first-order valence-electron chi connectivity index (χ1n) is 14.0. The zero-order valence-corrected chi connectivity index (χ0v) is 25.9. The maximum Gasteiger partial charge on any atom is 2.00 e. The maximum atomic E-state index is 12.3. The Balaban J connectivity index is 0.000000358. The molecule has 0 aromatic heterocycles. The fourth-order valence-electron chi connectivity index (χ4n) is 5.27. The summed E-state index contributed by atoms with van der Waals surface area (Å²) < 4.78 is 0. The van der Waals surface area contributed by atoms with Crippen LogP contribution in [0.4, 0.5) is 0 Å². The van der Waals surface area contributed by atoms with Gasteiger partial charge in [-0.2, -0.15) is 0 Å². The summed E-state index contributed by atoms with van der Waals surface area (Å²) in [5, 5.41) is 12.3. The number of rotatable bonds is 6. The molecule has 4 aliphatic rings. The molecule has 0 aliphatic heterocycles. The Morgan fingerprint density at radius 2 is 0.814 bits per heavy atom. The standard InChI is InChI=1S/C30H24O.2C5H5.2Fe/c31-30(26-19-10-11-20-26,25-17-8-3-9-18-25)28-22-12-21-27(28)29(23-13-4-1-5-14-23)24-15-6-2-7-16-24;2*1-2-4-5-3-1;;/h1-22,29,31H;2*1-5H;;/q;;;2*+2/t30-;;;;/m0..../s1. The van der Waals surface area contributed by atoms with Gasteiger partial charge >= 0.3 is 34.1 Å². The molecule has 3 aromatic rings. The molecule has 0 unspecified atom stereocenters. The first-order chi connectivity index (χ1) is 20.3. The van der Waals surface area contributed by atoms with Crippen LogP contribution in [0.1, 0.15) is 22.6 Å². The van der Waals surface area contributed by atoms with Gasteiger partial charge in [0.2, 0.25) is 0 Å². The molecule has 4 saturated carbocycles. The molecule has 0 amide bonds. The first-order valence-corrected chi connectivity index (χ1v) is 14.0. The molecule has 1 N–H and O–H groups in total. The van der Waals surface area contributed by atoms with Crippen LogP contribution in [0.25, 0.3) is 0 Å². The predicted molar refractivity (Wildman–Crippen MR) is 168 cm³/mol. The van der Waals surface area contributed by atoms with Crippen molar-refractivity contribution < 1.29 is 39.2 Å². The van der Waals surface area contributed by atoms with E-state index in [1.807, 2.05) is 132 Å². The fraction of sp³-hybridized carbons (Fsp3) is 0.0500. The van der Waals surface area contributed by atoms with Crippen molar-refractivity contribution in [1.29, 1.82) is 0 Å². The molecule has 7 rings (SSSR count). The molecule has 3 aromatic carbocycles. The van der Waals surface area contributed by atoms with Gasteiger partial charge in [-0.25, -0.2) is 0 Å². The SMILES string of the molecule is O[C@@]([C]1[CH][CH][CH][CH]1)([C]1[CH][CH][CH][C]1C(c1ccccc1)c1ccccc1)c1ccccc1.[CH]1[CH][CH][CH][CH]1.[CH]1[CH][CH][CH][CH]1.[Fe+2].[Fe+2]. The van der Waals surface area contributed by atoms with Gasteiger partial charge in [-0.1, -0.05) is 91.0 Å². The number of hydrogen-bond donors (Lipinski definition) is 1. The van der Waals surface area contributed by atoms with E-state index < -0.39 is 5.60 Å². The third-order valence-electron chi connectivity index (χ3n) is 7.20. The van der Waals surface area contributed by atoms with Crippen LogP contribution in [0.15, 0.2) is 91.0 Å². The second kappa shape index (κ2) is 19.2. The van der Waals surface area contributed by atoms with Gasteiger partial charge in [0.05, 0.1) is 0 Å². The zero-order chi connectivity index (χ0) is 28.2. The number of hydrogen-bond acceptors (Lipinski definition) is 1. The summed E-state index contributed by atoms with van der Waals surface area (Å²) in [6.45, 7) is 0. The van der Waals surface area contributed by atoms with Crippen LogP contribution < -0.4 is 0 Å². The van der Waals surface area contributed by atoms with E-state index >= 15 is 0 Å². The van der Waals surface area contributed by atoms with Crippen molar-refractivity contribution in [2.75, 3.05) is 0 Å². The third-order valence-corrected chi connectivity index (χ3v) is 7.20. The van der Waals surface area contributed by atoms with Gasteiger partial charge in [0, 0.05) is 23.7 Å². The van der Waals surface area contributed by atoms with E-state index in [1.165, 1.54) is 11.1 Å². The average Bonchev–Trinajstić information content (AvgIpc) is 3.88. The second-order valence-corrected chi connectivity index (χ2v) is 9.82. The minimum Gasteiger partial charge on any atom is -0.384 e. The molecule has 0 saturated heterocycles. The number of benzene rings is 3. The molecule has 3 heteroatoms. The van der Waals surface area contributed by atoms with Crippen molar-refractivity contribution in [3.8, 4) is 0 Å². The summed E-state index contributed by atoms with van der Waals surface area (Å²) in [5.74, 6) is 2.94. The molecule has 43 heavy (non-hydrogen) atoms. The molecule has 212 valence electrons. The summed E-state index contributed by atoms with van der Waals surface area (Å²) in [6, 6.07) is 31.0. The van der Waals surface area contributed by atoms with Crippen LogP contribution >= 0.6 is 0 Å². The van der Waals surface area contributed by atoms with Gasteiger partial charge in [-0.3, -0.25) is 0 Å². The van der Waals surface area contributed by atoms with Gasteiger partial charge < -0.3 is 5.11 Å². The first kappa shape index (κ1) is 36.1. The molecular weight excluding hydrogens is 608 g/mol. The van der Waals surface area contributed by atoms with Crippen LogP contribution in [-0.4, -0.2) is 5.11 Å². The Morgan fingerprint density at radius 1 is 0.419 bits per heavy atom. The van der Waals surface area contributed by atoms with Gasteiger partial charge in [0.1, 0.15) is 5.60 Å². The van der Waals surface area contributed by atoms with Gasteiger partial charge in [0.25, 0.3) is 0 Å². The van der Waals surface area contributed by atoms with Crippen molar-refractivity contribution in [1.82, 2.24) is 0 Å². The molecule has 4 fully saturated rings. The maximum absolute atomic E-state index is 12.3. The van der Waals surface area contributed by atoms with Gasteiger partial charge in [-0.15, -0.1) is 0 Å². The molecule has 0 spiro atoms. The molecule has 20 radical (unpaired) electrons. The predicted octanol–water partition coefficient (Wildman–Crippen LogP) is 7.92. The van der Waals surface area contributed by atoms with E-state index in [2.05, 4.69) is 67.8 Å². The van der Waals surface area contributed by atoms with Crippen molar-refractivity contribution >= 4 is 0 Å². The minimum atomic E-state index is -1.23. The fourth-order valence-corrected chi connectivity index (χ4v) is 5.27. The van der Waals surface area contributed by atoms with Crippen molar-refractivity contribution in [2.24, 2.45) is 0 Å². The smallest absolute Gasteiger partial charge is 0.384 e. The summed E-state index contributed by atoms with van der Waals surface area (Å²) in [4.78, 5) is 0. The van der Waals surface area contributed by atoms with Gasteiger partial charge in [-0.05, 0) is 126 Å². The Morgan fingerprint density at radius 3 is 1.23 bits per heavy atom. The van der Waals surface area contributed by atoms with E-state index in [0.29, 0.717) is 0 Å². The Hall–Kier alpha value is -1.34. The van der Waals surface area contributed by atoms with E-state index in [9.17, 15) is 5.11 Å². The molecule has 0 heterocycles.